The van der Waals surface area contributed by atoms with Gasteiger partial charge >= 0.3 is 7.60 Å². The van der Waals surface area contributed by atoms with E-state index in [1.54, 1.807) is 11.5 Å². The number of nitrogens with zero attached hydrogens (tertiary/aromatic N) is 5. The number of nitrogens with two attached hydrogens (primary N) is 2. The van der Waals surface area contributed by atoms with Gasteiger partial charge in [0, 0.05) is 0 Å². The van der Waals surface area contributed by atoms with Gasteiger partial charge in [-0.05, 0) is 6.92 Å². The largest absolute Gasteiger partial charge is 0.370 e. The fourth-order valence-corrected chi connectivity index (χ4v) is 2.24. The summed E-state index contributed by atoms with van der Waals surface area (Å²) in [6.45, 7) is 1.95. The van der Waals surface area contributed by atoms with Crippen molar-refractivity contribution in [1.82, 2.24) is 19.5 Å². The number of guanidine groups is 1. The van der Waals surface area contributed by atoms with E-state index in [4.69, 9.17) is 26.0 Å². The topological polar surface area (TPSA) is 175 Å². The van der Waals surface area contributed by atoms with Crippen LogP contribution in [0, 0.1) is 0 Å². The zero-order valence-electron chi connectivity index (χ0n) is 11.7. The molecule has 0 aliphatic carbocycles. The molecule has 11 nitrogen and oxygen atoms in total. The first kappa shape index (κ1) is 16.3. The predicted octanol–water partition coefficient (Wildman–Crippen LogP) is -0.728. The van der Waals surface area contributed by atoms with Crippen molar-refractivity contribution >= 4 is 30.5 Å². The lowest BCUT2D eigenvalue weighted by Gasteiger charge is -2.15. The highest BCUT2D eigenvalue weighted by molar-refractivity contribution is 7.51. The minimum absolute atomic E-state index is 0.154. The molecule has 12 heteroatoms. The zero-order chi connectivity index (χ0) is 16.3. The third-order valence-electron chi connectivity index (χ3n) is 2.61. The summed E-state index contributed by atoms with van der Waals surface area (Å²) in [5, 5.41) is 0. The van der Waals surface area contributed by atoms with Gasteiger partial charge in [-0.3, -0.25) is 4.57 Å². The predicted molar refractivity (Wildman–Crippen MR) is 78.3 cm³/mol. The summed E-state index contributed by atoms with van der Waals surface area (Å²) in [5.74, 6) is 0.100. The second-order valence-electron chi connectivity index (χ2n) is 4.57. The maximum Gasteiger partial charge on any atom is 0.350 e. The van der Waals surface area contributed by atoms with Crippen LogP contribution >= 0.6 is 7.60 Å². The van der Waals surface area contributed by atoms with Crippen LogP contribution in [-0.4, -0.2) is 47.7 Å². The number of rotatable bonds is 6. The Kier molecular flexibility index (Phi) is 4.71. The smallest absolute Gasteiger partial charge is 0.350 e. The molecule has 0 bridgehead atoms. The minimum Gasteiger partial charge on any atom is -0.370 e. The molecule has 0 saturated heterocycles. The van der Waals surface area contributed by atoms with Crippen molar-refractivity contribution in [3.05, 3.63) is 12.7 Å². The molecule has 22 heavy (non-hydrogen) atoms. The van der Waals surface area contributed by atoms with E-state index >= 15 is 0 Å². The number of fused-ring (bicyclic) bond motifs is 1. The van der Waals surface area contributed by atoms with E-state index in [0.717, 1.165) is 0 Å². The summed E-state index contributed by atoms with van der Waals surface area (Å²) in [6.07, 6.45) is 1.66. The van der Waals surface area contributed by atoms with Gasteiger partial charge in [0.25, 0.3) is 0 Å². The normalized spacial score (nSPS) is 13.2. The first-order chi connectivity index (χ1) is 10.3. The number of aromatic nitrogens is 4. The van der Waals surface area contributed by atoms with Crippen LogP contribution < -0.4 is 11.5 Å². The molecule has 0 amide bonds. The number of hydrogen-bond donors (Lipinski definition) is 4. The van der Waals surface area contributed by atoms with E-state index in [-0.39, 0.29) is 18.3 Å². The molecule has 0 fully saturated rings. The Morgan fingerprint density at radius 3 is 2.82 bits per heavy atom. The Labute approximate surface area is 125 Å². The van der Waals surface area contributed by atoms with Crippen LogP contribution in [0.4, 0.5) is 5.82 Å². The third kappa shape index (κ3) is 4.21. The van der Waals surface area contributed by atoms with E-state index in [1.807, 2.05) is 0 Å². The SMILES string of the molecule is C[C@H](Cn1cnc2ncnc(N=C(N)N)c21)OCP(=O)(O)O. The number of hydrogen-bond acceptors (Lipinski definition) is 6. The van der Waals surface area contributed by atoms with Crippen LogP contribution in [0.15, 0.2) is 17.6 Å². The number of ether oxygens (including phenoxy) is 1. The first-order valence-electron chi connectivity index (χ1n) is 6.18. The summed E-state index contributed by atoms with van der Waals surface area (Å²) in [4.78, 5) is 33.6. The van der Waals surface area contributed by atoms with E-state index in [1.165, 1.54) is 12.7 Å². The van der Waals surface area contributed by atoms with Gasteiger partial charge in [0.05, 0.1) is 19.0 Å². The summed E-state index contributed by atoms with van der Waals surface area (Å²) in [6, 6.07) is 0. The summed E-state index contributed by atoms with van der Waals surface area (Å²) in [5.41, 5.74) is 11.6. The highest BCUT2D eigenvalue weighted by Gasteiger charge is 2.17. The molecule has 2 aromatic heterocycles. The molecule has 120 valence electrons. The summed E-state index contributed by atoms with van der Waals surface area (Å²) >= 11 is 0. The van der Waals surface area contributed by atoms with Crippen LogP contribution in [0.5, 0.6) is 0 Å². The van der Waals surface area contributed by atoms with Gasteiger partial charge in [0.1, 0.15) is 18.2 Å². The average Bonchev–Trinajstić information content (AvgIpc) is 2.79. The highest BCUT2D eigenvalue weighted by Crippen LogP contribution is 2.34. The second-order valence-corrected chi connectivity index (χ2v) is 6.16. The van der Waals surface area contributed by atoms with E-state index in [9.17, 15) is 4.57 Å². The average molecular weight is 329 g/mol. The third-order valence-corrected chi connectivity index (χ3v) is 3.09. The molecule has 0 aliphatic heterocycles. The zero-order valence-corrected chi connectivity index (χ0v) is 12.6. The second kappa shape index (κ2) is 6.36. The Hall–Kier alpha value is -2.07. The Balaban J connectivity index is 2.25. The van der Waals surface area contributed by atoms with Crippen LogP contribution in [0.3, 0.4) is 0 Å². The van der Waals surface area contributed by atoms with E-state index in [0.29, 0.717) is 11.2 Å². The molecule has 0 aromatic carbocycles. The van der Waals surface area contributed by atoms with E-state index in [2.05, 4.69) is 19.9 Å². The highest BCUT2D eigenvalue weighted by atomic mass is 31.2. The van der Waals surface area contributed by atoms with Gasteiger partial charge in [-0.25, -0.2) is 15.0 Å². The van der Waals surface area contributed by atoms with E-state index < -0.39 is 20.0 Å². The van der Waals surface area contributed by atoms with Crippen LogP contribution in [0.25, 0.3) is 11.2 Å². The van der Waals surface area contributed by atoms with Gasteiger partial charge in [-0.15, -0.1) is 0 Å². The lowest BCUT2D eigenvalue weighted by molar-refractivity contribution is 0.0765. The molecular weight excluding hydrogens is 313 g/mol. The number of aliphatic imine (C=N–C) groups is 1. The van der Waals surface area contributed by atoms with Crippen LogP contribution in [0.1, 0.15) is 6.92 Å². The minimum atomic E-state index is -4.21. The Morgan fingerprint density at radius 1 is 1.45 bits per heavy atom. The summed E-state index contributed by atoms with van der Waals surface area (Å²) in [7, 11) is -4.21. The van der Waals surface area contributed by atoms with Crippen molar-refractivity contribution < 1.29 is 19.1 Å². The molecule has 0 saturated carbocycles. The lowest BCUT2D eigenvalue weighted by Crippen LogP contribution is -2.22. The fourth-order valence-electron chi connectivity index (χ4n) is 1.79. The maximum atomic E-state index is 10.8. The van der Waals surface area contributed by atoms with Crippen molar-refractivity contribution in [2.24, 2.45) is 16.5 Å². The molecule has 2 heterocycles. The lowest BCUT2D eigenvalue weighted by atomic mass is 10.4. The van der Waals surface area contributed by atoms with Gasteiger partial charge in [-0.2, -0.15) is 4.99 Å². The fraction of sp³-hybridized carbons (Fsp3) is 0.400. The van der Waals surface area contributed by atoms with Crippen molar-refractivity contribution in [2.75, 3.05) is 6.35 Å². The molecule has 0 radical (unpaired) electrons. The van der Waals surface area contributed by atoms with Crippen molar-refractivity contribution in [3.63, 3.8) is 0 Å². The van der Waals surface area contributed by atoms with Crippen molar-refractivity contribution in [1.29, 1.82) is 0 Å². The van der Waals surface area contributed by atoms with Crippen molar-refractivity contribution in [2.45, 2.75) is 19.6 Å². The Bertz CT molecular complexity index is 736. The number of imidazole rings is 1. The van der Waals surface area contributed by atoms with Gasteiger partial charge in [0.15, 0.2) is 17.4 Å². The molecule has 6 N–H and O–H groups in total. The van der Waals surface area contributed by atoms with Gasteiger partial charge < -0.3 is 30.6 Å². The molecule has 0 aliphatic rings. The Morgan fingerprint density at radius 2 is 2.18 bits per heavy atom. The maximum absolute atomic E-state index is 10.8. The van der Waals surface area contributed by atoms with Crippen LogP contribution in [-0.2, 0) is 15.8 Å². The van der Waals surface area contributed by atoms with Crippen LogP contribution in [0.2, 0.25) is 0 Å². The monoisotopic (exact) mass is 329 g/mol. The molecular formula is C10H16N7O4P. The molecule has 2 aromatic rings. The van der Waals surface area contributed by atoms with Crippen molar-refractivity contribution in [3.8, 4) is 0 Å². The molecule has 0 spiro atoms. The standard InChI is InChI=1S/C10H16N7O4P/c1-6(21-5-22(18,19)20)2-17-4-15-8-7(17)9(14-3-13-8)16-10(11)12/h3-4,6H,2,5H2,1H3,(H2,18,19,20)(H4,11,12,13,14,16)/t6-/m1/s1. The quantitative estimate of drug-likeness (QED) is 0.302. The first-order valence-corrected chi connectivity index (χ1v) is 7.97. The summed E-state index contributed by atoms with van der Waals surface area (Å²) < 4.78 is 17.6. The van der Waals surface area contributed by atoms with Gasteiger partial charge in [0.2, 0.25) is 0 Å². The molecule has 1 atom stereocenters. The molecule has 2 rings (SSSR count). The molecule has 0 unspecified atom stereocenters. The van der Waals surface area contributed by atoms with Gasteiger partial charge in [-0.1, -0.05) is 0 Å².